The first-order valence-corrected chi connectivity index (χ1v) is 7.63. The van der Waals surface area contributed by atoms with Gasteiger partial charge in [0, 0.05) is 42.2 Å². The number of likely N-dealkylation sites (tertiary alicyclic amines) is 1. The van der Waals surface area contributed by atoms with E-state index in [2.05, 4.69) is 21.0 Å². The molecule has 4 heterocycles. The molecule has 1 fully saturated rings. The van der Waals surface area contributed by atoms with Gasteiger partial charge in [0.25, 0.3) is 0 Å². The number of pyridine rings is 2. The Hall–Kier alpha value is -2.94. The summed E-state index contributed by atoms with van der Waals surface area (Å²) in [5, 5.41) is 10.9. The Morgan fingerprint density at radius 2 is 2.35 bits per heavy atom. The van der Waals surface area contributed by atoms with Gasteiger partial charge in [-0.25, -0.2) is 9.97 Å². The van der Waals surface area contributed by atoms with Gasteiger partial charge >= 0.3 is 0 Å². The standard InChI is InChI=1S/C17H15N5O/c18-5-1-15(23)22-8-4-11(10-22)12-2-6-19-14-9-21-17-13(16(12)14)3-7-20-17/h2-3,6-7,9,11,19H,1,4,8,10H2/t11-/m0/s1. The number of aromatic nitrogens is 3. The maximum atomic E-state index is 11.9. The number of carbonyl (C=O) groups is 1. The molecule has 0 saturated carbocycles. The molecule has 114 valence electrons. The lowest BCUT2D eigenvalue weighted by Gasteiger charge is -2.16. The van der Waals surface area contributed by atoms with E-state index in [0.717, 1.165) is 28.4 Å². The third-order valence-corrected chi connectivity index (χ3v) is 4.54. The van der Waals surface area contributed by atoms with Crippen LogP contribution < -0.4 is 0 Å². The van der Waals surface area contributed by atoms with Gasteiger partial charge in [-0.1, -0.05) is 0 Å². The van der Waals surface area contributed by atoms with Crippen LogP contribution in [-0.4, -0.2) is 38.8 Å². The molecule has 0 unspecified atom stereocenters. The van der Waals surface area contributed by atoms with Crippen molar-refractivity contribution in [3.63, 3.8) is 0 Å². The first-order chi connectivity index (χ1) is 11.3. The van der Waals surface area contributed by atoms with E-state index in [-0.39, 0.29) is 18.2 Å². The zero-order valence-corrected chi connectivity index (χ0v) is 12.5. The molecule has 0 aliphatic carbocycles. The van der Waals surface area contributed by atoms with Crippen LogP contribution >= 0.6 is 0 Å². The highest BCUT2D eigenvalue weighted by Gasteiger charge is 2.28. The summed E-state index contributed by atoms with van der Waals surface area (Å²) >= 11 is 0. The van der Waals surface area contributed by atoms with Gasteiger partial charge in [0.05, 0.1) is 17.8 Å². The van der Waals surface area contributed by atoms with Crippen molar-refractivity contribution in [3.05, 3.63) is 36.3 Å². The number of rotatable bonds is 2. The maximum absolute atomic E-state index is 11.9. The molecule has 0 spiro atoms. The summed E-state index contributed by atoms with van der Waals surface area (Å²) in [6.07, 6.45) is 6.36. The molecule has 1 atom stereocenters. The Bertz CT molecular complexity index is 939. The van der Waals surface area contributed by atoms with Gasteiger partial charge in [0.15, 0.2) is 5.65 Å². The molecule has 0 radical (unpaired) electrons. The highest BCUT2D eigenvalue weighted by molar-refractivity contribution is 6.05. The summed E-state index contributed by atoms with van der Waals surface area (Å²) in [6, 6.07) is 6.00. The summed E-state index contributed by atoms with van der Waals surface area (Å²) in [5.41, 5.74) is 2.94. The lowest BCUT2D eigenvalue weighted by molar-refractivity contribution is -0.129. The molecular weight excluding hydrogens is 290 g/mol. The smallest absolute Gasteiger partial charge is 0.236 e. The molecule has 1 aliphatic heterocycles. The molecule has 3 aromatic heterocycles. The van der Waals surface area contributed by atoms with Gasteiger partial charge in [-0.3, -0.25) is 4.79 Å². The van der Waals surface area contributed by atoms with Gasteiger partial charge in [-0.05, 0) is 24.1 Å². The predicted molar refractivity (Wildman–Crippen MR) is 85.6 cm³/mol. The molecule has 1 amide bonds. The van der Waals surface area contributed by atoms with Crippen molar-refractivity contribution < 1.29 is 4.79 Å². The Morgan fingerprint density at radius 3 is 3.22 bits per heavy atom. The van der Waals surface area contributed by atoms with Crippen molar-refractivity contribution in [1.29, 1.82) is 5.26 Å². The molecular formula is C17H15N5O. The van der Waals surface area contributed by atoms with Crippen LogP contribution in [0, 0.1) is 11.3 Å². The first kappa shape index (κ1) is 13.7. The van der Waals surface area contributed by atoms with E-state index in [1.807, 2.05) is 24.5 Å². The lowest BCUT2D eigenvalue weighted by atomic mass is 9.94. The highest BCUT2D eigenvalue weighted by atomic mass is 16.2. The molecule has 1 saturated heterocycles. The average molecular weight is 305 g/mol. The maximum Gasteiger partial charge on any atom is 0.236 e. The highest BCUT2D eigenvalue weighted by Crippen LogP contribution is 2.34. The zero-order valence-electron chi connectivity index (χ0n) is 12.5. The van der Waals surface area contributed by atoms with E-state index < -0.39 is 0 Å². The number of hydrogen-bond acceptors (Lipinski definition) is 4. The third-order valence-electron chi connectivity index (χ3n) is 4.54. The Kier molecular flexibility index (Phi) is 3.19. The van der Waals surface area contributed by atoms with E-state index >= 15 is 0 Å². The summed E-state index contributed by atoms with van der Waals surface area (Å²) in [5.74, 6) is 0.193. The third kappa shape index (κ3) is 2.21. The van der Waals surface area contributed by atoms with Crippen LogP contribution in [0.15, 0.2) is 30.7 Å². The molecule has 1 N–H and O–H groups in total. The molecule has 0 aromatic carbocycles. The van der Waals surface area contributed by atoms with Gasteiger partial charge in [0.1, 0.15) is 6.42 Å². The van der Waals surface area contributed by atoms with E-state index in [4.69, 9.17) is 5.26 Å². The number of fused-ring (bicyclic) bond motifs is 3. The number of amides is 1. The number of carbonyl (C=O) groups excluding carboxylic acids is 1. The van der Waals surface area contributed by atoms with Crippen molar-refractivity contribution in [3.8, 4) is 6.07 Å². The topological polar surface area (TPSA) is 85.7 Å². The van der Waals surface area contributed by atoms with E-state index in [1.54, 1.807) is 11.1 Å². The van der Waals surface area contributed by atoms with Crippen LogP contribution in [0.25, 0.3) is 21.9 Å². The minimum Gasteiger partial charge on any atom is -0.360 e. The van der Waals surface area contributed by atoms with Crippen LogP contribution in [0.1, 0.15) is 24.3 Å². The average Bonchev–Trinajstić information content (AvgIpc) is 3.23. The number of H-pyrrole nitrogens is 1. The normalized spacial score (nSPS) is 17.7. The van der Waals surface area contributed by atoms with Crippen LogP contribution in [0.3, 0.4) is 0 Å². The molecule has 0 bridgehead atoms. The second kappa shape index (κ2) is 5.36. The number of aromatic amines is 1. The van der Waals surface area contributed by atoms with E-state index in [0.29, 0.717) is 13.1 Å². The molecule has 3 aromatic rings. The Morgan fingerprint density at radius 1 is 1.43 bits per heavy atom. The van der Waals surface area contributed by atoms with Gasteiger partial charge in [-0.2, -0.15) is 5.26 Å². The van der Waals surface area contributed by atoms with Gasteiger partial charge in [0.2, 0.25) is 5.91 Å². The fourth-order valence-corrected chi connectivity index (χ4v) is 3.45. The minimum atomic E-state index is -0.0800. The summed E-state index contributed by atoms with van der Waals surface area (Å²) in [4.78, 5) is 25.6. The van der Waals surface area contributed by atoms with Crippen LogP contribution in [0.5, 0.6) is 0 Å². The number of nitriles is 1. The number of nitrogens with zero attached hydrogens (tertiary/aromatic N) is 4. The van der Waals surface area contributed by atoms with Gasteiger partial charge in [-0.15, -0.1) is 0 Å². The summed E-state index contributed by atoms with van der Waals surface area (Å²) in [6.45, 7) is 1.37. The number of hydrogen-bond donors (Lipinski definition) is 1. The Labute approximate surface area is 132 Å². The monoisotopic (exact) mass is 305 g/mol. The van der Waals surface area contributed by atoms with Crippen LogP contribution in [0.4, 0.5) is 0 Å². The summed E-state index contributed by atoms with van der Waals surface area (Å²) in [7, 11) is 0. The fourth-order valence-electron chi connectivity index (χ4n) is 3.45. The van der Waals surface area contributed by atoms with Crippen molar-refractivity contribution in [2.75, 3.05) is 13.1 Å². The Balaban J connectivity index is 1.76. The largest absolute Gasteiger partial charge is 0.360 e. The zero-order chi connectivity index (χ0) is 15.8. The number of nitrogens with one attached hydrogen (secondary N) is 1. The summed E-state index contributed by atoms with van der Waals surface area (Å²) < 4.78 is 0. The van der Waals surface area contributed by atoms with Crippen LogP contribution in [-0.2, 0) is 4.79 Å². The fraction of sp³-hybridized carbons (Fsp3) is 0.294. The second-order valence-electron chi connectivity index (χ2n) is 5.82. The molecule has 1 aliphatic rings. The lowest BCUT2D eigenvalue weighted by Crippen LogP contribution is -2.27. The van der Waals surface area contributed by atoms with Crippen LogP contribution in [0.2, 0.25) is 0 Å². The predicted octanol–water partition coefficient (Wildman–Crippen LogP) is 2.34. The van der Waals surface area contributed by atoms with E-state index in [9.17, 15) is 4.79 Å². The SMILES string of the molecule is N#CCC(=O)N1CC[C@H](c2cc[nH]c3cnc4nccc4c23)C1. The minimum absolute atomic E-state index is 0.0447. The van der Waals surface area contributed by atoms with Crippen molar-refractivity contribution in [2.24, 2.45) is 0 Å². The first-order valence-electron chi connectivity index (χ1n) is 7.63. The van der Waals surface area contributed by atoms with Gasteiger partial charge < -0.3 is 9.88 Å². The van der Waals surface area contributed by atoms with E-state index in [1.165, 1.54) is 5.56 Å². The molecule has 23 heavy (non-hydrogen) atoms. The van der Waals surface area contributed by atoms with Crippen molar-refractivity contribution in [2.45, 2.75) is 18.8 Å². The van der Waals surface area contributed by atoms with Crippen molar-refractivity contribution >= 4 is 27.8 Å². The van der Waals surface area contributed by atoms with Crippen molar-refractivity contribution in [1.82, 2.24) is 19.9 Å². The molecule has 4 rings (SSSR count). The molecule has 6 heteroatoms. The molecule has 6 nitrogen and oxygen atoms in total. The quantitative estimate of drug-likeness (QED) is 0.787. The second-order valence-corrected chi connectivity index (χ2v) is 5.82.